The molecule has 1 saturated heterocycles. The summed E-state index contributed by atoms with van der Waals surface area (Å²) in [4.78, 5) is 23.8. The van der Waals surface area contributed by atoms with E-state index in [0.29, 0.717) is 17.5 Å². The van der Waals surface area contributed by atoms with E-state index in [1.807, 2.05) is 0 Å². The van der Waals surface area contributed by atoms with Crippen molar-refractivity contribution in [1.29, 1.82) is 0 Å². The summed E-state index contributed by atoms with van der Waals surface area (Å²) >= 11 is 2.10. The third-order valence-corrected chi connectivity index (χ3v) is 2.72. The number of amides is 1. The van der Waals surface area contributed by atoms with Gasteiger partial charge in [-0.25, -0.2) is 0 Å². The number of halogens is 1. The van der Waals surface area contributed by atoms with Crippen molar-refractivity contribution >= 4 is 34.5 Å². The van der Waals surface area contributed by atoms with Crippen LogP contribution in [-0.4, -0.2) is 35.0 Å². The van der Waals surface area contributed by atoms with Gasteiger partial charge in [-0.2, -0.15) is 0 Å². The predicted molar refractivity (Wildman–Crippen MR) is 50.7 cm³/mol. The minimum absolute atomic E-state index is 0.0415. The second-order valence-electron chi connectivity index (χ2n) is 2.66. The van der Waals surface area contributed by atoms with Crippen LogP contribution in [0.4, 0.5) is 0 Å². The molecule has 0 saturated carbocycles. The SMILES string of the molecule is COC(=O)C1CC(=O)N(CI)C1. The molecule has 1 amide bonds. The van der Waals surface area contributed by atoms with E-state index in [1.165, 1.54) is 7.11 Å². The zero-order valence-corrected chi connectivity index (χ0v) is 8.91. The molecule has 0 bridgehead atoms. The van der Waals surface area contributed by atoms with Crippen molar-refractivity contribution in [2.24, 2.45) is 5.92 Å². The Morgan fingerprint density at radius 2 is 2.50 bits per heavy atom. The largest absolute Gasteiger partial charge is 0.469 e. The van der Waals surface area contributed by atoms with Crippen LogP contribution >= 0.6 is 22.6 Å². The van der Waals surface area contributed by atoms with E-state index >= 15 is 0 Å². The Hall–Kier alpha value is -0.330. The summed E-state index contributed by atoms with van der Waals surface area (Å²) in [6, 6.07) is 0. The number of carbonyl (C=O) groups excluding carboxylic acids is 2. The van der Waals surface area contributed by atoms with Crippen molar-refractivity contribution in [3.63, 3.8) is 0 Å². The monoisotopic (exact) mass is 283 g/mol. The summed E-state index contributed by atoms with van der Waals surface area (Å²) in [6.07, 6.45) is 0.301. The number of alkyl halides is 1. The lowest BCUT2D eigenvalue weighted by Gasteiger charge is -2.11. The highest BCUT2D eigenvalue weighted by molar-refractivity contribution is 14.1. The molecule has 0 radical (unpaired) electrons. The first-order chi connectivity index (χ1) is 5.69. The first-order valence-corrected chi connectivity index (χ1v) is 5.13. The minimum atomic E-state index is -0.282. The molecule has 0 aromatic carbocycles. The number of rotatable bonds is 2. The zero-order valence-electron chi connectivity index (χ0n) is 6.75. The molecule has 0 aromatic heterocycles. The van der Waals surface area contributed by atoms with Crippen molar-refractivity contribution in [1.82, 2.24) is 4.90 Å². The lowest BCUT2D eigenvalue weighted by Crippen LogP contribution is -2.24. The topological polar surface area (TPSA) is 46.6 Å². The van der Waals surface area contributed by atoms with E-state index in [9.17, 15) is 9.59 Å². The van der Waals surface area contributed by atoms with Gasteiger partial charge in [0.15, 0.2) is 0 Å². The highest BCUT2D eigenvalue weighted by Crippen LogP contribution is 2.19. The van der Waals surface area contributed by atoms with Gasteiger partial charge in [0, 0.05) is 13.0 Å². The summed E-state index contributed by atoms with van der Waals surface area (Å²) < 4.78 is 5.20. The molecular weight excluding hydrogens is 273 g/mol. The van der Waals surface area contributed by atoms with Gasteiger partial charge in [0.05, 0.1) is 17.6 Å². The Labute approximate surface area is 84.4 Å². The molecule has 1 fully saturated rings. The smallest absolute Gasteiger partial charge is 0.310 e. The van der Waals surface area contributed by atoms with Gasteiger partial charge in [-0.05, 0) is 0 Å². The van der Waals surface area contributed by atoms with Crippen molar-refractivity contribution < 1.29 is 14.3 Å². The van der Waals surface area contributed by atoms with Crippen LogP contribution in [0.5, 0.6) is 0 Å². The fraction of sp³-hybridized carbons (Fsp3) is 0.714. The fourth-order valence-electron chi connectivity index (χ4n) is 1.21. The molecule has 0 N–H and O–H groups in total. The molecule has 1 unspecified atom stereocenters. The number of carbonyl (C=O) groups is 2. The molecular formula is C7H10INO3. The number of hydrogen-bond acceptors (Lipinski definition) is 3. The molecule has 1 atom stereocenters. The molecule has 0 aromatic rings. The van der Waals surface area contributed by atoms with Crippen molar-refractivity contribution in [2.45, 2.75) is 6.42 Å². The van der Waals surface area contributed by atoms with Crippen LogP contribution in [0, 0.1) is 5.92 Å². The van der Waals surface area contributed by atoms with Crippen molar-refractivity contribution in [2.75, 3.05) is 18.2 Å². The molecule has 68 valence electrons. The highest BCUT2D eigenvalue weighted by atomic mass is 127. The molecule has 1 heterocycles. The highest BCUT2D eigenvalue weighted by Gasteiger charge is 2.34. The number of esters is 1. The lowest BCUT2D eigenvalue weighted by molar-refractivity contribution is -0.145. The lowest BCUT2D eigenvalue weighted by atomic mass is 10.1. The first kappa shape index (κ1) is 9.76. The normalized spacial score (nSPS) is 23.0. The van der Waals surface area contributed by atoms with Gasteiger partial charge in [-0.1, -0.05) is 22.6 Å². The van der Waals surface area contributed by atoms with Gasteiger partial charge in [0.2, 0.25) is 5.91 Å². The van der Waals surface area contributed by atoms with Crippen molar-refractivity contribution in [3.8, 4) is 0 Å². The first-order valence-electron chi connectivity index (χ1n) is 3.60. The minimum Gasteiger partial charge on any atom is -0.469 e. The Kier molecular flexibility index (Phi) is 3.30. The van der Waals surface area contributed by atoms with E-state index in [1.54, 1.807) is 4.90 Å². The van der Waals surface area contributed by atoms with Crippen LogP contribution in [0.15, 0.2) is 0 Å². The predicted octanol–water partition coefficient (Wildman–Crippen LogP) is 0.400. The maximum absolute atomic E-state index is 11.1. The Balaban J connectivity index is 2.54. The van der Waals surface area contributed by atoms with E-state index in [0.717, 1.165) is 0 Å². The molecule has 4 nitrogen and oxygen atoms in total. The molecule has 1 rings (SSSR count). The molecule has 12 heavy (non-hydrogen) atoms. The molecule has 0 aliphatic carbocycles. The van der Waals surface area contributed by atoms with Crippen LogP contribution in [-0.2, 0) is 14.3 Å². The number of hydrogen-bond donors (Lipinski definition) is 0. The standard InChI is InChI=1S/C7H10INO3/c1-12-7(11)5-2-6(10)9(3-5)4-8/h5H,2-4H2,1H3. The Morgan fingerprint density at radius 1 is 1.83 bits per heavy atom. The van der Waals surface area contributed by atoms with Crippen LogP contribution < -0.4 is 0 Å². The maximum Gasteiger partial charge on any atom is 0.310 e. The Morgan fingerprint density at radius 3 is 2.92 bits per heavy atom. The van der Waals surface area contributed by atoms with Crippen LogP contribution in [0.1, 0.15) is 6.42 Å². The van der Waals surface area contributed by atoms with E-state index < -0.39 is 0 Å². The molecule has 0 spiro atoms. The third-order valence-electron chi connectivity index (χ3n) is 1.89. The molecule has 1 aliphatic rings. The second-order valence-corrected chi connectivity index (χ2v) is 3.34. The zero-order chi connectivity index (χ0) is 9.14. The fourth-order valence-corrected chi connectivity index (χ4v) is 1.87. The summed E-state index contributed by atoms with van der Waals surface area (Å²) in [5.74, 6) is -0.493. The van der Waals surface area contributed by atoms with Gasteiger partial charge in [-0.3, -0.25) is 9.59 Å². The number of nitrogens with zero attached hydrogens (tertiary/aromatic N) is 1. The number of methoxy groups -OCH3 is 1. The number of ether oxygens (including phenoxy) is 1. The quantitative estimate of drug-likeness (QED) is 0.319. The summed E-state index contributed by atoms with van der Waals surface area (Å²) in [5.41, 5.74) is 0. The summed E-state index contributed by atoms with van der Waals surface area (Å²) in [7, 11) is 1.35. The van der Waals surface area contributed by atoms with E-state index in [-0.39, 0.29) is 17.8 Å². The van der Waals surface area contributed by atoms with Crippen LogP contribution in [0.25, 0.3) is 0 Å². The van der Waals surface area contributed by atoms with Gasteiger partial charge in [0.1, 0.15) is 0 Å². The van der Waals surface area contributed by atoms with Crippen LogP contribution in [0.3, 0.4) is 0 Å². The molecule has 1 aliphatic heterocycles. The van der Waals surface area contributed by atoms with Crippen LogP contribution in [0.2, 0.25) is 0 Å². The van der Waals surface area contributed by atoms with Gasteiger partial charge in [0.25, 0.3) is 0 Å². The van der Waals surface area contributed by atoms with E-state index in [2.05, 4.69) is 27.3 Å². The average molecular weight is 283 g/mol. The summed E-state index contributed by atoms with van der Waals surface area (Å²) in [5, 5.41) is 0. The van der Waals surface area contributed by atoms with Crippen molar-refractivity contribution in [3.05, 3.63) is 0 Å². The third kappa shape index (κ3) is 1.88. The summed E-state index contributed by atoms with van der Waals surface area (Å²) in [6.45, 7) is 0.508. The maximum atomic E-state index is 11.1. The number of likely N-dealkylation sites (tertiary alicyclic amines) is 1. The Bertz CT molecular complexity index is 205. The van der Waals surface area contributed by atoms with Gasteiger partial charge >= 0.3 is 5.97 Å². The van der Waals surface area contributed by atoms with E-state index in [4.69, 9.17) is 0 Å². The van der Waals surface area contributed by atoms with Gasteiger partial charge in [-0.15, -0.1) is 0 Å². The molecule has 5 heteroatoms. The average Bonchev–Trinajstić information content (AvgIpc) is 2.45. The second kappa shape index (κ2) is 4.06. The van der Waals surface area contributed by atoms with Gasteiger partial charge < -0.3 is 9.64 Å².